The van der Waals surface area contributed by atoms with Gasteiger partial charge in [0.25, 0.3) is 5.91 Å². The second-order valence-electron chi connectivity index (χ2n) is 5.27. The third-order valence-electron chi connectivity index (χ3n) is 3.46. The van der Waals surface area contributed by atoms with Crippen LogP contribution in [0.1, 0.15) is 16.1 Å². The van der Waals surface area contributed by atoms with E-state index in [0.29, 0.717) is 15.7 Å². The Morgan fingerprint density at radius 2 is 2.04 bits per heavy atom. The number of ether oxygens (including phenoxy) is 1. The molecular formula is C17H13Cl2N3O3. The second kappa shape index (κ2) is 7.13. The first-order valence-electron chi connectivity index (χ1n) is 7.31. The van der Waals surface area contributed by atoms with Crippen LogP contribution in [0.3, 0.4) is 0 Å². The molecule has 0 aliphatic carbocycles. The standard InChI is InChI=1S/C17H13Cl2N3O3/c1-10-5-6-11(18)16(15(10)19)21-14(23)9-25-17(24)12-8-22-7-3-2-4-13(22)20-12/h2-8H,9H2,1H3,(H,21,23). The van der Waals surface area contributed by atoms with Gasteiger partial charge in [0.15, 0.2) is 12.3 Å². The Balaban J connectivity index is 1.64. The number of esters is 1. The summed E-state index contributed by atoms with van der Waals surface area (Å²) in [6.45, 7) is 1.31. The third kappa shape index (κ3) is 3.75. The number of hydrogen-bond donors (Lipinski definition) is 1. The molecule has 1 amide bonds. The van der Waals surface area contributed by atoms with Gasteiger partial charge in [0.2, 0.25) is 0 Å². The minimum Gasteiger partial charge on any atom is -0.451 e. The van der Waals surface area contributed by atoms with Gasteiger partial charge in [0.05, 0.1) is 15.7 Å². The number of nitrogens with one attached hydrogen (secondary N) is 1. The predicted octanol–water partition coefficient (Wildman–Crippen LogP) is 3.75. The summed E-state index contributed by atoms with van der Waals surface area (Å²) in [5, 5.41) is 3.19. The summed E-state index contributed by atoms with van der Waals surface area (Å²) in [6.07, 6.45) is 3.29. The van der Waals surface area contributed by atoms with Crippen LogP contribution in [-0.2, 0) is 9.53 Å². The number of hydrogen-bond acceptors (Lipinski definition) is 4. The van der Waals surface area contributed by atoms with E-state index in [4.69, 9.17) is 27.9 Å². The van der Waals surface area contributed by atoms with Gasteiger partial charge in [-0.25, -0.2) is 9.78 Å². The summed E-state index contributed by atoms with van der Waals surface area (Å²) in [5.74, 6) is -1.24. The van der Waals surface area contributed by atoms with Gasteiger partial charge in [-0.2, -0.15) is 0 Å². The summed E-state index contributed by atoms with van der Waals surface area (Å²) in [6, 6.07) is 8.74. The Morgan fingerprint density at radius 1 is 1.24 bits per heavy atom. The van der Waals surface area contributed by atoms with Crippen molar-refractivity contribution in [2.24, 2.45) is 0 Å². The molecule has 0 saturated heterocycles. The van der Waals surface area contributed by atoms with E-state index in [1.165, 1.54) is 6.20 Å². The number of carbonyl (C=O) groups is 2. The summed E-state index contributed by atoms with van der Waals surface area (Å²) < 4.78 is 6.67. The van der Waals surface area contributed by atoms with Crippen LogP contribution in [0.4, 0.5) is 5.69 Å². The molecule has 0 spiro atoms. The van der Waals surface area contributed by atoms with Crippen molar-refractivity contribution in [3.8, 4) is 0 Å². The van der Waals surface area contributed by atoms with Crippen molar-refractivity contribution in [1.82, 2.24) is 9.38 Å². The highest BCUT2D eigenvalue weighted by Crippen LogP contribution is 2.32. The summed E-state index contributed by atoms with van der Waals surface area (Å²) in [7, 11) is 0. The lowest BCUT2D eigenvalue weighted by molar-refractivity contribution is -0.119. The van der Waals surface area contributed by atoms with E-state index in [2.05, 4.69) is 10.3 Å². The van der Waals surface area contributed by atoms with Crippen molar-refractivity contribution in [3.63, 3.8) is 0 Å². The highest BCUT2D eigenvalue weighted by molar-refractivity contribution is 6.40. The number of fused-ring (bicyclic) bond motifs is 1. The maximum atomic E-state index is 12.0. The summed E-state index contributed by atoms with van der Waals surface area (Å²) in [5.41, 5.74) is 1.78. The van der Waals surface area contributed by atoms with Crippen molar-refractivity contribution >= 4 is 46.4 Å². The topological polar surface area (TPSA) is 72.7 Å². The van der Waals surface area contributed by atoms with Crippen LogP contribution in [0.2, 0.25) is 10.0 Å². The van der Waals surface area contributed by atoms with Crippen molar-refractivity contribution in [1.29, 1.82) is 0 Å². The van der Waals surface area contributed by atoms with E-state index in [-0.39, 0.29) is 11.4 Å². The maximum absolute atomic E-state index is 12.0. The average Bonchev–Trinajstić information content (AvgIpc) is 3.04. The molecule has 0 aliphatic heterocycles. The lowest BCUT2D eigenvalue weighted by atomic mass is 10.2. The first-order chi connectivity index (χ1) is 12.0. The Morgan fingerprint density at radius 3 is 2.80 bits per heavy atom. The molecule has 128 valence electrons. The van der Waals surface area contributed by atoms with Crippen LogP contribution in [0.5, 0.6) is 0 Å². The Labute approximate surface area is 153 Å². The number of anilines is 1. The van der Waals surface area contributed by atoms with E-state index < -0.39 is 18.5 Å². The molecule has 0 aliphatic rings. The largest absolute Gasteiger partial charge is 0.451 e. The number of halogens is 2. The quantitative estimate of drug-likeness (QED) is 0.702. The van der Waals surface area contributed by atoms with Gasteiger partial charge in [0, 0.05) is 12.4 Å². The van der Waals surface area contributed by atoms with Gasteiger partial charge in [-0.3, -0.25) is 4.79 Å². The molecule has 0 atom stereocenters. The van der Waals surface area contributed by atoms with Crippen molar-refractivity contribution < 1.29 is 14.3 Å². The molecule has 3 rings (SSSR count). The average molecular weight is 378 g/mol. The number of imidazole rings is 1. The highest BCUT2D eigenvalue weighted by atomic mass is 35.5. The van der Waals surface area contributed by atoms with E-state index >= 15 is 0 Å². The zero-order chi connectivity index (χ0) is 18.0. The molecule has 0 radical (unpaired) electrons. The number of amides is 1. The van der Waals surface area contributed by atoms with Gasteiger partial charge in [-0.15, -0.1) is 0 Å². The first-order valence-corrected chi connectivity index (χ1v) is 8.06. The second-order valence-corrected chi connectivity index (χ2v) is 6.05. The number of aromatic nitrogens is 2. The Bertz CT molecular complexity index is 936. The van der Waals surface area contributed by atoms with Crippen LogP contribution in [-0.4, -0.2) is 27.9 Å². The molecule has 3 aromatic rings. The van der Waals surface area contributed by atoms with Crippen molar-refractivity contribution in [3.05, 3.63) is 64.0 Å². The fourth-order valence-corrected chi connectivity index (χ4v) is 2.65. The Kier molecular flexibility index (Phi) is 4.92. The smallest absolute Gasteiger partial charge is 0.359 e. The van der Waals surface area contributed by atoms with Crippen LogP contribution in [0.25, 0.3) is 5.65 Å². The molecule has 6 nitrogen and oxygen atoms in total. The minimum atomic E-state index is -0.694. The molecule has 25 heavy (non-hydrogen) atoms. The molecule has 0 fully saturated rings. The van der Waals surface area contributed by atoms with Crippen LogP contribution >= 0.6 is 23.2 Å². The number of nitrogens with zero attached hydrogens (tertiary/aromatic N) is 2. The van der Waals surface area contributed by atoms with Gasteiger partial charge < -0.3 is 14.5 Å². The third-order valence-corrected chi connectivity index (χ3v) is 4.26. The van der Waals surface area contributed by atoms with E-state index in [1.54, 1.807) is 41.8 Å². The molecule has 2 heterocycles. The van der Waals surface area contributed by atoms with E-state index in [1.807, 2.05) is 6.07 Å². The Hall–Kier alpha value is -2.57. The molecule has 2 aromatic heterocycles. The molecule has 0 unspecified atom stereocenters. The molecule has 0 bridgehead atoms. The number of aryl methyl sites for hydroxylation is 1. The van der Waals surface area contributed by atoms with Gasteiger partial charge in [-0.05, 0) is 30.7 Å². The zero-order valence-corrected chi connectivity index (χ0v) is 14.6. The highest BCUT2D eigenvalue weighted by Gasteiger charge is 2.16. The predicted molar refractivity (Wildman–Crippen MR) is 95.3 cm³/mol. The van der Waals surface area contributed by atoms with Gasteiger partial charge in [0.1, 0.15) is 5.65 Å². The van der Waals surface area contributed by atoms with Crippen LogP contribution < -0.4 is 5.32 Å². The van der Waals surface area contributed by atoms with Crippen molar-refractivity contribution in [2.45, 2.75) is 6.92 Å². The number of rotatable bonds is 4. The fourth-order valence-electron chi connectivity index (χ4n) is 2.18. The van der Waals surface area contributed by atoms with Crippen LogP contribution in [0, 0.1) is 6.92 Å². The number of carbonyl (C=O) groups excluding carboxylic acids is 2. The molecule has 1 N–H and O–H groups in total. The number of pyridine rings is 1. The van der Waals surface area contributed by atoms with Crippen LogP contribution in [0.15, 0.2) is 42.7 Å². The maximum Gasteiger partial charge on any atom is 0.359 e. The lowest BCUT2D eigenvalue weighted by Crippen LogP contribution is -2.21. The molecule has 0 saturated carbocycles. The lowest BCUT2D eigenvalue weighted by Gasteiger charge is -2.11. The van der Waals surface area contributed by atoms with Gasteiger partial charge >= 0.3 is 5.97 Å². The molecular weight excluding hydrogens is 365 g/mol. The fraction of sp³-hybridized carbons (Fsp3) is 0.118. The zero-order valence-electron chi connectivity index (χ0n) is 13.1. The SMILES string of the molecule is Cc1ccc(Cl)c(NC(=O)COC(=O)c2cn3ccccc3n2)c1Cl. The van der Waals surface area contributed by atoms with E-state index in [0.717, 1.165) is 5.56 Å². The molecule has 8 heteroatoms. The first kappa shape index (κ1) is 17.3. The van der Waals surface area contributed by atoms with Crippen molar-refractivity contribution in [2.75, 3.05) is 11.9 Å². The molecule has 1 aromatic carbocycles. The van der Waals surface area contributed by atoms with Gasteiger partial charge in [-0.1, -0.05) is 35.3 Å². The van der Waals surface area contributed by atoms with E-state index in [9.17, 15) is 9.59 Å². The minimum absolute atomic E-state index is 0.116. The monoisotopic (exact) mass is 377 g/mol. The summed E-state index contributed by atoms with van der Waals surface area (Å²) in [4.78, 5) is 28.2. The normalized spacial score (nSPS) is 10.7. The number of benzene rings is 1. The summed E-state index contributed by atoms with van der Waals surface area (Å²) >= 11 is 12.2.